The van der Waals surface area contributed by atoms with E-state index in [0.717, 1.165) is 10.6 Å². The Labute approximate surface area is 100 Å². The first-order chi connectivity index (χ1) is 7.55. The average Bonchev–Trinajstić information content (AvgIpc) is 2.24. The number of aromatic nitrogens is 1. The Hall–Kier alpha value is -1.46. The summed E-state index contributed by atoms with van der Waals surface area (Å²) in [6.45, 7) is -0.266. The minimum absolute atomic E-state index is 0.000347. The van der Waals surface area contributed by atoms with Crippen molar-refractivity contribution in [3.8, 4) is 6.07 Å². The zero-order valence-electron chi connectivity index (χ0n) is 7.83. The van der Waals surface area contributed by atoms with E-state index in [2.05, 4.69) is 25.9 Å². The van der Waals surface area contributed by atoms with Crippen molar-refractivity contribution in [3.63, 3.8) is 0 Å². The van der Waals surface area contributed by atoms with Gasteiger partial charge in [-0.15, -0.1) is 0 Å². The first kappa shape index (κ1) is 11.0. The van der Waals surface area contributed by atoms with Crippen LogP contribution in [-0.2, 0) is 10.0 Å². The van der Waals surface area contributed by atoms with Crippen LogP contribution in [0.25, 0.3) is 0 Å². The van der Waals surface area contributed by atoms with E-state index in [-0.39, 0.29) is 17.3 Å². The molecular formula is C8H5BrN4O2S. The van der Waals surface area contributed by atoms with E-state index in [9.17, 15) is 8.42 Å². The lowest BCUT2D eigenvalue weighted by Gasteiger charge is -2.20. The summed E-state index contributed by atoms with van der Waals surface area (Å²) in [7, 11) is -3.70. The molecule has 0 unspecified atom stereocenters. The van der Waals surface area contributed by atoms with E-state index in [4.69, 9.17) is 5.26 Å². The van der Waals surface area contributed by atoms with E-state index in [1.165, 1.54) is 12.3 Å². The molecule has 0 spiro atoms. The van der Waals surface area contributed by atoms with Crippen LogP contribution in [0.1, 0.15) is 0 Å². The molecule has 0 saturated carbocycles. The highest BCUT2D eigenvalue weighted by Gasteiger charge is 2.29. The first-order valence-corrected chi connectivity index (χ1v) is 6.37. The van der Waals surface area contributed by atoms with Crippen molar-refractivity contribution in [2.45, 2.75) is 4.90 Å². The third-order valence-corrected chi connectivity index (χ3v) is 4.05. The van der Waals surface area contributed by atoms with Crippen molar-refractivity contribution in [1.82, 2.24) is 9.29 Å². The van der Waals surface area contributed by atoms with Crippen LogP contribution in [0, 0.1) is 11.3 Å². The van der Waals surface area contributed by atoms with Gasteiger partial charge < -0.3 is 0 Å². The minimum Gasteiger partial charge on any atom is -0.242 e. The summed E-state index contributed by atoms with van der Waals surface area (Å²) in [6.07, 6.45) is 2.56. The summed E-state index contributed by atoms with van der Waals surface area (Å²) in [5.74, 6) is 0.136. The monoisotopic (exact) mass is 300 g/mol. The van der Waals surface area contributed by atoms with Crippen molar-refractivity contribution in [3.05, 3.63) is 16.7 Å². The fraction of sp³-hybridized carbons (Fsp3) is 0.125. The van der Waals surface area contributed by atoms with Gasteiger partial charge in [0.1, 0.15) is 17.8 Å². The van der Waals surface area contributed by atoms with Gasteiger partial charge in [0, 0.05) is 10.7 Å². The normalized spacial score (nSPS) is 16.6. The van der Waals surface area contributed by atoms with Gasteiger partial charge in [0.25, 0.3) is 10.0 Å². The number of nitriles is 1. The van der Waals surface area contributed by atoms with E-state index >= 15 is 0 Å². The third-order valence-electron chi connectivity index (χ3n) is 1.92. The molecule has 0 aromatic carbocycles. The number of halogens is 1. The number of sulfonamides is 1. The first-order valence-electron chi connectivity index (χ1n) is 4.14. The van der Waals surface area contributed by atoms with Gasteiger partial charge >= 0.3 is 0 Å². The topological polar surface area (TPSA) is 86.4 Å². The fourth-order valence-corrected chi connectivity index (χ4v) is 2.95. The number of fused-ring (bicyclic) bond motifs is 1. The smallest absolute Gasteiger partial charge is 0.242 e. The predicted octanol–water partition coefficient (Wildman–Crippen LogP) is 1.03. The fourth-order valence-electron chi connectivity index (χ4n) is 1.20. The van der Waals surface area contributed by atoms with Gasteiger partial charge in [-0.05, 0) is 22.0 Å². The van der Waals surface area contributed by atoms with Crippen LogP contribution in [0.3, 0.4) is 0 Å². The van der Waals surface area contributed by atoms with Gasteiger partial charge in [-0.25, -0.2) is 22.7 Å². The van der Waals surface area contributed by atoms with Crippen molar-refractivity contribution < 1.29 is 8.42 Å². The van der Waals surface area contributed by atoms with Crippen LogP contribution in [0.4, 0.5) is 5.82 Å². The molecule has 0 atom stereocenters. The molecule has 0 amide bonds. The van der Waals surface area contributed by atoms with Crippen LogP contribution in [0.5, 0.6) is 0 Å². The van der Waals surface area contributed by atoms with E-state index in [1.807, 2.05) is 0 Å². The summed E-state index contributed by atoms with van der Waals surface area (Å²) < 4.78 is 25.4. The van der Waals surface area contributed by atoms with Gasteiger partial charge in [-0.1, -0.05) is 0 Å². The summed E-state index contributed by atoms with van der Waals surface area (Å²) in [5, 5.41) is 8.51. The van der Waals surface area contributed by atoms with Crippen LogP contribution >= 0.6 is 15.9 Å². The lowest BCUT2D eigenvalue weighted by Crippen LogP contribution is -2.32. The SMILES string of the molecule is N#CCN1C=Nc2ncc(Br)cc2S1(=O)=O. The average molecular weight is 301 g/mol. The summed E-state index contributed by atoms with van der Waals surface area (Å²) >= 11 is 3.14. The summed E-state index contributed by atoms with van der Waals surface area (Å²) in [5.41, 5.74) is 0. The second kappa shape index (κ2) is 3.84. The Morgan fingerprint density at radius 3 is 3.00 bits per heavy atom. The molecule has 1 aromatic heterocycles. The number of pyridine rings is 1. The number of aliphatic imine (C=N–C) groups is 1. The molecule has 1 aliphatic rings. The maximum atomic E-state index is 12.0. The molecule has 16 heavy (non-hydrogen) atoms. The molecule has 82 valence electrons. The summed E-state index contributed by atoms with van der Waals surface area (Å²) in [6, 6.07) is 3.18. The quantitative estimate of drug-likeness (QED) is 0.725. The molecule has 1 aromatic rings. The highest BCUT2D eigenvalue weighted by molar-refractivity contribution is 9.10. The van der Waals surface area contributed by atoms with Gasteiger partial charge in [-0.3, -0.25) is 0 Å². The van der Waals surface area contributed by atoms with E-state index in [0.29, 0.717) is 4.47 Å². The Morgan fingerprint density at radius 2 is 2.31 bits per heavy atom. The van der Waals surface area contributed by atoms with Crippen LogP contribution < -0.4 is 0 Å². The Balaban J connectivity index is 2.62. The lowest BCUT2D eigenvalue weighted by atomic mass is 10.5. The number of hydrogen-bond acceptors (Lipinski definition) is 5. The highest BCUT2D eigenvalue weighted by atomic mass is 79.9. The van der Waals surface area contributed by atoms with Crippen LogP contribution in [-0.4, -0.2) is 30.6 Å². The van der Waals surface area contributed by atoms with Gasteiger partial charge in [0.15, 0.2) is 5.82 Å². The van der Waals surface area contributed by atoms with Gasteiger partial charge in [-0.2, -0.15) is 5.26 Å². The zero-order chi connectivity index (χ0) is 11.8. The Morgan fingerprint density at radius 1 is 1.56 bits per heavy atom. The molecule has 8 heteroatoms. The van der Waals surface area contributed by atoms with E-state index in [1.54, 1.807) is 6.07 Å². The molecule has 2 rings (SSSR count). The van der Waals surface area contributed by atoms with E-state index < -0.39 is 10.0 Å². The minimum atomic E-state index is -3.70. The maximum Gasteiger partial charge on any atom is 0.269 e. The Bertz CT molecular complexity index is 605. The van der Waals surface area contributed by atoms with Crippen molar-refractivity contribution in [2.24, 2.45) is 4.99 Å². The number of nitrogens with zero attached hydrogens (tertiary/aromatic N) is 4. The van der Waals surface area contributed by atoms with Gasteiger partial charge in [0.2, 0.25) is 0 Å². The number of hydrogen-bond donors (Lipinski definition) is 0. The standard InChI is InChI=1S/C8H5BrN4O2S/c9-6-3-7-8(11-4-6)12-5-13(2-1-10)16(7,14)15/h3-5H,2H2. The molecule has 0 aliphatic carbocycles. The Kier molecular flexibility index (Phi) is 2.65. The van der Waals surface area contributed by atoms with Crippen molar-refractivity contribution >= 4 is 38.1 Å². The van der Waals surface area contributed by atoms with Crippen LogP contribution in [0.2, 0.25) is 0 Å². The molecule has 0 radical (unpaired) electrons. The second-order valence-corrected chi connectivity index (χ2v) is 5.70. The molecule has 0 bridgehead atoms. The maximum absolute atomic E-state index is 12.0. The molecule has 0 N–H and O–H groups in total. The second-order valence-electron chi connectivity index (χ2n) is 2.93. The van der Waals surface area contributed by atoms with Crippen molar-refractivity contribution in [1.29, 1.82) is 5.26 Å². The molecule has 0 saturated heterocycles. The number of rotatable bonds is 1. The predicted molar refractivity (Wildman–Crippen MR) is 59.6 cm³/mol. The molecule has 1 aliphatic heterocycles. The third kappa shape index (κ3) is 1.68. The van der Waals surface area contributed by atoms with Crippen molar-refractivity contribution in [2.75, 3.05) is 6.54 Å². The highest BCUT2D eigenvalue weighted by Crippen LogP contribution is 2.30. The largest absolute Gasteiger partial charge is 0.269 e. The lowest BCUT2D eigenvalue weighted by molar-refractivity contribution is 0.542. The molecule has 6 nitrogen and oxygen atoms in total. The molecule has 0 fully saturated rings. The van der Waals surface area contributed by atoms with Crippen LogP contribution in [0.15, 0.2) is 26.6 Å². The zero-order valence-corrected chi connectivity index (χ0v) is 10.2. The summed E-state index contributed by atoms with van der Waals surface area (Å²) in [4.78, 5) is 7.74. The molecular weight excluding hydrogens is 296 g/mol. The van der Waals surface area contributed by atoms with Gasteiger partial charge in [0.05, 0.1) is 6.07 Å². The molecule has 2 heterocycles.